The molecule has 5 heteroatoms. The second-order valence-electron chi connectivity index (χ2n) is 4.74. The van der Waals surface area contributed by atoms with Gasteiger partial charge < -0.3 is 4.74 Å². The van der Waals surface area contributed by atoms with Gasteiger partial charge in [-0.1, -0.05) is 6.07 Å². The predicted molar refractivity (Wildman–Crippen MR) is 71.4 cm³/mol. The zero-order valence-corrected chi connectivity index (χ0v) is 11.7. The number of ether oxygens (including phenoxy) is 1. The largest absolute Gasteiger partial charge is 0.492 e. The maximum absolute atomic E-state index is 11.6. The lowest BCUT2D eigenvalue weighted by molar-refractivity contribution is 0.279. The summed E-state index contributed by atoms with van der Waals surface area (Å²) >= 11 is 0. The molecular formula is C13H19NO3S. The fourth-order valence-electron chi connectivity index (χ4n) is 2.22. The first kappa shape index (κ1) is 13.4. The normalized spacial score (nSPS) is 19.0. The Hall–Kier alpha value is -1.07. The fraction of sp³-hybridized carbons (Fsp3) is 0.538. The summed E-state index contributed by atoms with van der Waals surface area (Å²) in [5, 5.41) is 0. The Balaban J connectivity index is 1.89. The van der Waals surface area contributed by atoms with Crippen molar-refractivity contribution in [3.63, 3.8) is 0 Å². The minimum absolute atomic E-state index is 0.274. The van der Waals surface area contributed by atoms with E-state index in [0.29, 0.717) is 19.7 Å². The molecule has 1 saturated heterocycles. The first-order chi connectivity index (χ1) is 8.47. The average Bonchev–Trinajstić information content (AvgIpc) is 2.57. The van der Waals surface area contributed by atoms with Gasteiger partial charge in [0, 0.05) is 13.1 Å². The van der Waals surface area contributed by atoms with Crippen molar-refractivity contribution in [1.29, 1.82) is 0 Å². The molecule has 0 saturated carbocycles. The fourth-order valence-corrected chi connectivity index (χ4v) is 3.74. The summed E-state index contributed by atoms with van der Waals surface area (Å²) in [6.45, 7) is 5.51. The molecule has 100 valence electrons. The van der Waals surface area contributed by atoms with Crippen LogP contribution in [0.5, 0.6) is 5.75 Å². The minimum atomic E-state index is -3.00. The predicted octanol–water partition coefficient (Wildman–Crippen LogP) is 1.72. The van der Waals surface area contributed by atoms with Gasteiger partial charge in [-0.15, -0.1) is 0 Å². The van der Waals surface area contributed by atoms with Crippen LogP contribution in [0.25, 0.3) is 0 Å². The first-order valence-electron chi connectivity index (χ1n) is 6.16. The summed E-state index contributed by atoms with van der Waals surface area (Å²) in [4.78, 5) is 0. The molecule has 0 spiro atoms. The van der Waals surface area contributed by atoms with Gasteiger partial charge >= 0.3 is 0 Å². The highest BCUT2D eigenvalue weighted by Gasteiger charge is 2.27. The zero-order valence-electron chi connectivity index (χ0n) is 10.8. The van der Waals surface area contributed by atoms with Crippen LogP contribution in [0.1, 0.15) is 17.5 Å². The summed E-state index contributed by atoms with van der Waals surface area (Å²) in [7, 11) is -3.00. The molecule has 0 atom stereocenters. The lowest BCUT2D eigenvalue weighted by Crippen LogP contribution is -2.30. The molecule has 0 radical (unpaired) electrons. The molecule has 0 aromatic heterocycles. The maximum atomic E-state index is 11.6. The molecule has 2 rings (SSSR count). The van der Waals surface area contributed by atoms with Crippen molar-refractivity contribution in [2.45, 2.75) is 20.3 Å². The van der Waals surface area contributed by atoms with Gasteiger partial charge in [0.15, 0.2) is 0 Å². The molecule has 1 fully saturated rings. The smallest absolute Gasteiger partial charge is 0.214 e. The highest BCUT2D eigenvalue weighted by molar-refractivity contribution is 7.89. The highest BCUT2D eigenvalue weighted by Crippen LogP contribution is 2.17. The van der Waals surface area contributed by atoms with Crippen LogP contribution in [0.4, 0.5) is 0 Å². The summed E-state index contributed by atoms with van der Waals surface area (Å²) < 4.78 is 30.3. The standard InChI is InChI=1S/C13H19NO3S/c1-11-8-12(2)10-13(9-11)17-6-5-14-4-3-7-18(14,15)16/h8-10H,3-7H2,1-2H3. The third kappa shape index (κ3) is 3.23. The molecule has 0 bridgehead atoms. The quantitative estimate of drug-likeness (QED) is 0.836. The van der Waals surface area contributed by atoms with Crippen LogP contribution < -0.4 is 4.74 Å². The minimum Gasteiger partial charge on any atom is -0.492 e. The summed E-state index contributed by atoms with van der Waals surface area (Å²) in [6.07, 6.45) is 0.728. The molecule has 1 aromatic rings. The topological polar surface area (TPSA) is 46.6 Å². The Morgan fingerprint density at radius 2 is 1.89 bits per heavy atom. The SMILES string of the molecule is Cc1cc(C)cc(OCCN2CCCS2(=O)=O)c1. The number of benzene rings is 1. The van der Waals surface area contributed by atoms with Crippen LogP contribution >= 0.6 is 0 Å². The van der Waals surface area contributed by atoms with E-state index in [1.807, 2.05) is 26.0 Å². The van der Waals surface area contributed by atoms with Crippen LogP contribution in [-0.4, -0.2) is 38.2 Å². The molecular weight excluding hydrogens is 250 g/mol. The lowest BCUT2D eigenvalue weighted by atomic mass is 10.1. The molecule has 0 unspecified atom stereocenters. The Bertz CT molecular complexity index is 505. The average molecular weight is 269 g/mol. The van der Waals surface area contributed by atoms with E-state index in [1.165, 1.54) is 4.31 Å². The molecule has 18 heavy (non-hydrogen) atoms. The van der Waals surface area contributed by atoms with Crippen molar-refractivity contribution in [3.05, 3.63) is 29.3 Å². The van der Waals surface area contributed by atoms with E-state index in [0.717, 1.165) is 23.3 Å². The van der Waals surface area contributed by atoms with E-state index in [4.69, 9.17) is 4.74 Å². The lowest BCUT2D eigenvalue weighted by Gasteiger charge is -2.15. The van der Waals surface area contributed by atoms with Gasteiger partial charge in [0.2, 0.25) is 10.0 Å². The van der Waals surface area contributed by atoms with Gasteiger partial charge in [-0.3, -0.25) is 0 Å². The van der Waals surface area contributed by atoms with Crippen molar-refractivity contribution >= 4 is 10.0 Å². The molecule has 0 aliphatic carbocycles. The van der Waals surface area contributed by atoms with Gasteiger partial charge in [-0.05, 0) is 43.5 Å². The number of hydrogen-bond acceptors (Lipinski definition) is 3. The van der Waals surface area contributed by atoms with E-state index in [-0.39, 0.29) is 5.75 Å². The number of rotatable bonds is 4. The number of aryl methyl sites for hydroxylation is 2. The van der Waals surface area contributed by atoms with Crippen molar-refractivity contribution in [2.75, 3.05) is 25.4 Å². The molecule has 1 aliphatic heterocycles. The number of nitrogens with zero attached hydrogens (tertiary/aromatic N) is 1. The first-order valence-corrected chi connectivity index (χ1v) is 7.77. The van der Waals surface area contributed by atoms with Crippen LogP contribution in [0, 0.1) is 13.8 Å². The van der Waals surface area contributed by atoms with E-state index >= 15 is 0 Å². The molecule has 0 amide bonds. The Morgan fingerprint density at radius 1 is 1.22 bits per heavy atom. The van der Waals surface area contributed by atoms with Crippen LogP contribution in [-0.2, 0) is 10.0 Å². The molecule has 1 heterocycles. The second-order valence-corrected chi connectivity index (χ2v) is 6.83. The number of sulfonamides is 1. The second kappa shape index (κ2) is 5.28. The van der Waals surface area contributed by atoms with Crippen molar-refractivity contribution in [3.8, 4) is 5.75 Å². The van der Waals surface area contributed by atoms with Crippen molar-refractivity contribution in [1.82, 2.24) is 4.31 Å². The molecule has 0 N–H and O–H groups in total. The summed E-state index contributed by atoms with van der Waals surface area (Å²) in [6, 6.07) is 6.01. The van der Waals surface area contributed by atoms with E-state index in [2.05, 4.69) is 6.07 Å². The van der Waals surface area contributed by atoms with Crippen molar-refractivity contribution < 1.29 is 13.2 Å². The van der Waals surface area contributed by atoms with Crippen molar-refractivity contribution in [2.24, 2.45) is 0 Å². The van der Waals surface area contributed by atoms with Gasteiger partial charge in [0.1, 0.15) is 12.4 Å². The van der Waals surface area contributed by atoms with Crippen LogP contribution in [0.2, 0.25) is 0 Å². The Labute approximate surface area is 109 Å². The van der Waals surface area contributed by atoms with Crippen LogP contribution in [0.3, 0.4) is 0 Å². The van der Waals surface area contributed by atoms with E-state index in [1.54, 1.807) is 0 Å². The molecule has 1 aromatic carbocycles. The van der Waals surface area contributed by atoms with Gasteiger partial charge in [-0.25, -0.2) is 8.42 Å². The molecule has 1 aliphatic rings. The Kier molecular flexibility index (Phi) is 3.92. The zero-order chi connectivity index (χ0) is 13.2. The Morgan fingerprint density at radius 3 is 2.44 bits per heavy atom. The number of hydrogen-bond donors (Lipinski definition) is 0. The van der Waals surface area contributed by atoms with Gasteiger partial charge in [0.25, 0.3) is 0 Å². The van der Waals surface area contributed by atoms with E-state index < -0.39 is 10.0 Å². The van der Waals surface area contributed by atoms with Crippen LogP contribution in [0.15, 0.2) is 18.2 Å². The van der Waals surface area contributed by atoms with Gasteiger partial charge in [0.05, 0.1) is 5.75 Å². The third-order valence-electron chi connectivity index (χ3n) is 3.01. The monoisotopic (exact) mass is 269 g/mol. The summed E-state index contributed by atoms with van der Waals surface area (Å²) in [5.74, 6) is 1.08. The third-order valence-corrected chi connectivity index (χ3v) is 4.96. The highest BCUT2D eigenvalue weighted by atomic mass is 32.2. The van der Waals surface area contributed by atoms with Gasteiger partial charge in [-0.2, -0.15) is 4.31 Å². The summed E-state index contributed by atoms with van der Waals surface area (Å²) in [5.41, 5.74) is 2.30. The van der Waals surface area contributed by atoms with E-state index in [9.17, 15) is 8.42 Å². The molecule has 4 nitrogen and oxygen atoms in total. The maximum Gasteiger partial charge on any atom is 0.214 e.